The normalized spacial score (nSPS) is 20.1. The van der Waals surface area contributed by atoms with Gasteiger partial charge in [0.2, 0.25) is 0 Å². The van der Waals surface area contributed by atoms with E-state index in [0.29, 0.717) is 6.04 Å². The summed E-state index contributed by atoms with van der Waals surface area (Å²) in [6, 6.07) is 8.90. The monoisotopic (exact) mass is 271 g/mol. The molecule has 0 radical (unpaired) electrons. The zero-order valence-electron chi connectivity index (χ0n) is 11.7. The Hall–Kier alpha value is -1.65. The number of piperidine rings is 1. The molecule has 4 nitrogen and oxygen atoms in total. The van der Waals surface area contributed by atoms with Crippen LogP contribution in [0.15, 0.2) is 43.0 Å². The highest BCUT2D eigenvalue weighted by Gasteiger charge is 2.21. The third-order valence-corrected chi connectivity index (χ3v) is 4.08. The smallest absolute Gasteiger partial charge is 0.0991 e. The van der Waals surface area contributed by atoms with Crippen molar-refractivity contribution in [3.05, 3.63) is 48.5 Å². The molecule has 0 unspecified atom stereocenters. The number of benzene rings is 1. The Bertz CT molecular complexity index is 521. The van der Waals surface area contributed by atoms with Crippen LogP contribution in [0.25, 0.3) is 5.69 Å². The number of aliphatic hydroxyl groups excluding tert-OH is 1. The maximum Gasteiger partial charge on any atom is 0.0991 e. The van der Waals surface area contributed by atoms with Crippen LogP contribution >= 0.6 is 0 Å². The van der Waals surface area contributed by atoms with Crippen LogP contribution in [0.2, 0.25) is 0 Å². The molecule has 1 aromatic carbocycles. The number of rotatable bonds is 4. The second kappa shape index (κ2) is 6.20. The maximum absolute atomic E-state index is 9.46. The van der Waals surface area contributed by atoms with Gasteiger partial charge in [0.25, 0.3) is 0 Å². The van der Waals surface area contributed by atoms with Crippen molar-refractivity contribution in [1.29, 1.82) is 0 Å². The second-order valence-corrected chi connectivity index (χ2v) is 5.44. The molecule has 0 spiro atoms. The van der Waals surface area contributed by atoms with Crippen LogP contribution in [0.5, 0.6) is 0 Å². The van der Waals surface area contributed by atoms with Crippen LogP contribution in [0.3, 0.4) is 0 Å². The van der Waals surface area contributed by atoms with E-state index in [4.69, 9.17) is 0 Å². The predicted molar refractivity (Wildman–Crippen MR) is 78.7 cm³/mol. The Kier molecular flexibility index (Phi) is 4.14. The summed E-state index contributed by atoms with van der Waals surface area (Å²) in [5.74, 6) is 0. The molecular formula is C16H21N3O. The molecule has 20 heavy (non-hydrogen) atoms. The first-order chi connectivity index (χ1) is 9.86. The molecule has 0 aliphatic carbocycles. The van der Waals surface area contributed by atoms with Gasteiger partial charge in [-0.3, -0.25) is 4.90 Å². The molecule has 0 saturated carbocycles. The SMILES string of the molecule is OC[C@H]1CCCCN1Cc1ccc(-n2ccnc2)cc1. The summed E-state index contributed by atoms with van der Waals surface area (Å²) < 4.78 is 2.00. The van der Waals surface area contributed by atoms with Crippen molar-refractivity contribution >= 4 is 0 Å². The molecule has 3 rings (SSSR count). The van der Waals surface area contributed by atoms with E-state index in [1.165, 1.54) is 18.4 Å². The molecule has 2 aromatic rings. The first-order valence-corrected chi connectivity index (χ1v) is 7.29. The van der Waals surface area contributed by atoms with Crippen LogP contribution in [-0.2, 0) is 6.54 Å². The number of hydrogen-bond acceptors (Lipinski definition) is 3. The number of hydrogen-bond donors (Lipinski definition) is 1. The largest absolute Gasteiger partial charge is 0.395 e. The van der Waals surface area contributed by atoms with Crippen molar-refractivity contribution in [2.45, 2.75) is 31.8 Å². The summed E-state index contributed by atoms with van der Waals surface area (Å²) in [5, 5.41) is 9.46. The van der Waals surface area contributed by atoms with E-state index in [2.05, 4.69) is 34.1 Å². The molecule has 106 valence electrons. The first-order valence-electron chi connectivity index (χ1n) is 7.29. The Morgan fingerprint density at radius 1 is 1.20 bits per heavy atom. The molecule has 1 N–H and O–H groups in total. The highest BCUT2D eigenvalue weighted by molar-refractivity contribution is 5.34. The molecule has 4 heteroatoms. The Balaban J connectivity index is 1.68. The third-order valence-electron chi connectivity index (χ3n) is 4.08. The Labute approximate surface area is 119 Å². The van der Waals surface area contributed by atoms with Crippen molar-refractivity contribution in [2.24, 2.45) is 0 Å². The van der Waals surface area contributed by atoms with Crippen LogP contribution in [0.1, 0.15) is 24.8 Å². The molecule has 2 heterocycles. The topological polar surface area (TPSA) is 41.3 Å². The standard InChI is InChI=1S/C16H21N3O/c20-12-16-3-1-2-9-18(16)11-14-4-6-15(7-5-14)19-10-8-17-13-19/h4-8,10,13,16,20H,1-3,9,11-12H2/t16-/m1/s1. The van der Waals surface area contributed by atoms with Gasteiger partial charge in [-0.1, -0.05) is 18.6 Å². The number of likely N-dealkylation sites (tertiary alicyclic amines) is 1. The van der Waals surface area contributed by atoms with Crippen molar-refractivity contribution in [1.82, 2.24) is 14.5 Å². The highest BCUT2D eigenvalue weighted by atomic mass is 16.3. The van der Waals surface area contributed by atoms with Gasteiger partial charge in [0.1, 0.15) is 0 Å². The highest BCUT2D eigenvalue weighted by Crippen LogP contribution is 2.20. The van der Waals surface area contributed by atoms with Gasteiger partial charge >= 0.3 is 0 Å². The van der Waals surface area contributed by atoms with Gasteiger partial charge in [-0.05, 0) is 37.1 Å². The Morgan fingerprint density at radius 3 is 2.75 bits per heavy atom. The quantitative estimate of drug-likeness (QED) is 0.927. The molecule has 0 amide bonds. The molecule has 1 aliphatic heterocycles. The fraction of sp³-hybridized carbons (Fsp3) is 0.438. The lowest BCUT2D eigenvalue weighted by molar-refractivity contribution is 0.0841. The minimum absolute atomic E-state index is 0.271. The van der Waals surface area contributed by atoms with E-state index < -0.39 is 0 Å². The van der Waals surface area contributed by atoms with Crippen molar-refractivity contribution in [2.75, 3.05) is 13.2 Å². The van der Waals surface area contributed by atoms with Gasteiger partial charge in [0.15, 0.2) is 0 Å². The van der Waals surface area contributed by atoms with Gasteiger partial charge in [0.05, 0.1) is 12.9 Å². The van der Waals surface area contributed by atoms with Gasteiger partial charge in [-0.15, -0.1) is 0 Å². The average Bonchev–Trinajstić information content (AvgIpc) is 3.03. The number of aliphatic hydroxyl groups is 1. The van der Waals surface area contributed by atoms with E-state index in [-0.39, 0.29) is 6.61 Å². The van der Waals surface area contributed by atoms with Crippen molar-refractivity contribution in [3.8, 4) is 5.69 Å². The summed E-state index contributed by atoms with van der Waals surface area (Å²) in [6.45, 7) is 2.29. The van der Waals surface area contributed by atoms with Gasteiger partial charge in [0, 0.05) is 30.7 Å². The predicted octanol–water partition coefficient (Wildman–Crippen LogP) is 2.22. The fourth-order valence-corrected chi connectivity index (χ4v) is 2.89. The minimum Gasteiger partial charge on any atom is -0.395 e. The van der Waals surface area contributed by atoms with Crippen LogP contribution in [0.4, 0.5) is 0 Å². The number of imidazole rings is 1. The maximum atomic E-state index is 9.46. The minimum atomic E-state index is 0.271. The lowest BCUT2D eigenvalue weighted by atomic mass is 10.0. The first kappa shape index (κ1) is 13.3. The zero-order chi connectivity index (χ0) is 13.8. The summed E-state index contributed by atoms with van der Waals surface area (Å²) in [6.07, 6.45) is 9.13. The van der Waals surface area contributed by atoms with Gasteiger partial charge < -0.3 is 9.67 Å². The summed E-state index contributed by atoms with van der Waals surface area (Å²) in [4.78, 5) is 6.46. The van der Waals surface area contributed by atoms with Crippen molar-refractivity contribution < 1.29 is 5.11 Å². The Morgan fingerprint density at radius 2 is 2.05 bits per heavy atom. The third kappa shape index (κ3) is 2.92. The average molecular weight is 271 g/mol. The summed E-state index contributed by atoms with van der Waals surface area (Å²) in [5.41, 5.74) is 2.43. The second-order valence-electron chi connectivity index (χ2n) is 5.44. The van der Waals surface area contributed by atoms with E-state index in [9.17, 15) is 5.11 Å². The van der Waals surface area contributed by atoms with Crippen LogP contribution < -0.4 is 0 Å². The molecule has 1 atom stereocenters. The molecule has 1 saturated heterocycles. The molecule has 1 fully saturated rings. The number of nitrogens with zero attached hydrogens (tertiary/aromatic N) is 3. The molecular weight excluding hydrogens is 250 g/mol. The fourth-order valence-electron chi connectivity index (χ4n) is 2.89. The van der Waals surface area contributed by atoms with Crippen LogP contribution in [0, 0.1) is 0 Å². The zero-order valence-corrected chi connectivity index (χ0v) is 11.7. The van der Waals surface area contributed by atoms with Crippen molar-refractivity contribution in [3.63, 3.8) is 0 Å². The van der Waals surface area contributed by atoms with E-state index in [1.54, 1.807) is 12.5 Å². The lowest BCUT2D eigenvalue weighted by Gasteiger charge is -2.34. The van der Waals surface area contributed by atoms with Gasteiger partial charge in [-0.25, -0.2) is 4.98 Å². The lowest BCUT2D eigenvalue weighted by Crippen LogP contribution is -2.41. The van der Waals surface area contributed by atoms with E-state index in [1.807, 2.05) is 10.8 Å². The molecule has 1 aliphatic rings. The van der Waals surface area contributed by atoms with Crippen LogP contribution in [-0.4, -0.2) is 38.8 Å². The number of aromatic nitrogens is 2. The van der Waals surface area contributed by atoms with E-state index in [0.717, 1.165) is 25.2 Å². The van der Waals surface area contributed by atoms with E-state index >= 15 is 0 Å². The van der Waals surface area contributed by atoms with Gasteiger partial charge in [-0.2, -0.15) is 0 Å². The molecule has 0 bridgehead atoms. The summed E-state index contributed by atoms with van der Waals surface area (Å²) in [7, 11) is 0. The summed E-state index contributed by atoms with van der Waals surface area (Å²) >= 11 is 0. The molecule has 1 aromatic heterocycles.